The average molecular weight is 383 g/mol. The van der Waals surface area contributed by atoms with Crippen LogP contribution in [-0.2, 0) is 6.42 Å². The molecule has 1 aliphatic heterocycles. The highest BCUT2D eigenvalue weighted by molar-refractivity contribution is 5.74. The van der Waals surface area contributed by atoms with Crippen LogP contribution in [0.4, 0.5) is 0 Å². The third-order valence-electron chi connectivity index (χ3n) is 5.42. The van der Waals surface area contributed by atoms with Gasteiger partial charge in [0.15, 0.2) is 5.43 Å². The van der Waals surface area contributed by atoms with Crippen LogP contribution in [0.15, 0.2) is 39.5 Å². The Morgan fingerprint density at radius 2 is 1.57 bits per heavy atom. The zero-order valence-electron chi connectivity index (χ0n) is 16.9. The molecule has 1 heterocycles. The molecule has 28 heavy (non-hydrogen) atoms. The lowest BCUT2D eigenvalue weighted by Gasteiger charge is -2.06. The Labute approximate surface area is 167 Å². The highest BCUT2D eigenvalue weighted by Crippen LogP contribution is 2.27. The summed E-state index contributed by atoms with van der Waals surface area (Å²) in [6.45, 7) is 2.26. The smallest absolute Gasteiger partial charge is 0.247 e. The molecule has 0 radical (unpaired) electrons. The summed E-state index contributed by atoms with van der Waals surface area (Å²) in [4.78, 5) is 14.8. The maximum Gasteiger partial charge on any atom is 0.247 e. The number of hydrogen-bond acceptors (Lipinski definition) is 3. The lowest BCUT2D eigenvalue weighted by Crippen LogP contribution is -2.12. The molecule has 3 rings (SSSR count). The summed E-state index contributed by atoms with van der Waals surface area (Å²) in [6, 6.07) is 8.32. The van der Waals surface area contributed by atoms with Crippen molar-refractivity contribution in [3.05, 3.63) is 46.1 Å². The lowest BCUT2D eigenvalue weighted by molar-refractivity contribution is -0.334. The first-order chi connectivity index (χ1) is 13.7. The fourth-order valence-electron chi connectivity index (χ4n) is 3.75. The maximum absolute atomic E-state index is 11.5. The molecule has 0 aromatic heterocycles. The maximum atomic E-state index is 11.5. The second kappa shape index (κ2) is 10.3. The van der Waals surface area contributed by atoms with E-state index in [-0.39, 0.29) is 11.2 Å². The third-order valence-corrected chi connectivity index (χ3v) is 5.42. The van der Waals surface area contributed by atoms with Crippen LogP contribution < -0.4 is 10.4 Å². The molecule has 0 unspecified atom stereocenters. The predicted octanol–water partition coefficient (Wildman–Crippen LogP) is 5.88. The number of H-pyrrole nitrogens is 1. The van der Waals surface area contributed by atoms with Gasteiger partial charge in [-0.1, -0.05) is 64.7 Å². The Hall–Kier alpha value is -2.36. The molecule has 0 bridgehead atoms. The minimum Gasteiger partial charge on any atom is -0.508 e. The van der Waals surface area contributed by atoms with Crippen LogP contribution in [0.2, 0.25) is 0 Å². The number of phenolic OH excluding ortho intramolecular Hbond substituents is 1. The van der Waals surface area contributed by atoms with Crippen molar-refractivity contribution in [2.45, 2.75) is 77.6 Å². The zero-order valence-corrected chi connectivity index (χ0v) is 16.9. The minimum absolute atomic E-state index is 0.0919. The molecule has 0 spiro atoms. The summed E-state index contributed by atoms with van der Waals surface area (Å²) in [5.74, 6) is 0.764. The number of benzene rings is 2. The van der Waals surface area contributed by atoms with Gasteiger partial charge in [0.2, 0.25) is 22.6 Å². The second-order valence-corrected chi connectivity index (χ2v) is 7.79. The summed E-state index contributed by atoms with van der Waals surface area (Å²) in [6.07, 6.45) is 13.9. The van der Waals surface area contributed by atoms with Crippen molar-refractivity contribution in [3.63, 3.8) is 0 Å². The summed E-state index contributed by atoms with van der Waals surface area (Å²) >= 11 is 0. The fraction of sp³-hybridized carbons (Fsp3) is 0.500. The van der Waals surface area contributed by atoms with Crippen molar-refractivity contribution in [2.24, 2.45) is 0 Å². The van der Waals surface area contributed by atoms with Gasteiger partial charge in [0.05, 0.1) is 0 Å². The van der Waals surface area contributed by atoms with Crippen LogP contribution in [0.5, 0.6) is 5.75 Å². The van der Waals surface area contributed by atoms with E-state index in [1.54, 1.807) is 12.1 Å². The van der Waals surface area contributed by atoms with Gasteiger partial charge in [-0.05, 0) is 18.9 Å². The number of unbranched alkanes of at least 4 members (excludes halogenated alkanes) is 9. The Bertz CT molecular complexity index is 915. The van der Waals surface area contributed by atoms with E-state index < -0.39 is 0 Å². The molecule has 0 saturated heterocycles. The number of aromatic nitrogens is 1. The quantitative estimate of drug-likeness (QED) is 0.333. The van der Waals surface area contributed by atoms with Crippen molar-refractivity contribution >= 4 is 11.1 Å². The highest BCUT2D eigenvalue weighted by Gasteiger charge is 2.17. The van der Waals surface area contributed by atoms with Crippen LogP contribution >= 0.6 is 0 Å². The van der Waals surface area contributed by atoms with Crippen molar-refractivity contribution in [1.82, 2.24) is 0 Å². The van der Waals surface area contributed by atoms with Gasteiger partial charge in [-0.15, -0.1) is 0 Å². The van der Waals surface area contributed by atoms with Gasteiger partial charge >= 0.3 is 0 Å². The molecular formula is C24H32NO3+. The van der Waals surface area contributed by atoms with E-state index in [4.69, 9.17) is 4.42 Å². The van der Waals surface area contributed by atoms with Crippen molar-refractivity contribution in [1.29, 1.82) is 0 Å². The SMILES string of the molecule is CCCCCCCCCCCCc1cc2[nH+]c3ccc(=O)cc-3oc2cc1O. The first kappa shape index (κ1) is 20.4. The number of aromatic hydroxyl groups is 1. The van der Waals surface area contributed by atoms with Gasteiger partial charge in [0, 0.05) is 29.8 Å². The first-order valence-corrected chi connectivity index (χ1v) is 10.8. The number of nitrogens with one attached hydrogen (secondary N) is 1. The van der Waals surface area contributed by atoms with Crippen LogP contribution in [0.3, 0.4) is 0 Å². The summed E-state index contributed by atoms with van der Waals surface area (Å²) in [5, 5.41) is 10.3. The van der Waals surface area contributed by atoms with Gasteiger partial charge in [0.1, 0.15) is 5.75 Å². The normalized spacial score (nSPS) is 11.5. The number of aromatic amines is 1. The highest BCUT2D eigenvalue weighted by atomic mass is 16.3. The molecule has 150 valence electrons. The molecule has 4 nitrogen and oxygen atoms in total. The molecule has 2 N–H and O–H groups in total. The van der Waals surface area contributed by atoms with E-state index in [1.807, 2.05) is 6.07 Å². The van der Waals surface area contributed by atoms with E-state index >= 15 is 0 Å². The lowest BCUT2D eigenvalue weighted by atomic mass is 10.0. The van der Waals surface area contributed by atoms with E-state index in [9.17, 15) is 9.90 Å². The largest absolute Gasteiger partial charge is 0.508 e. The third kappa shape index (κ3) is 5.57. The number of fused-ring (bicyclic) bond motifs is 2. The molecule has 0 saturated carbocycles. The van der Waals surface area contributed by atoms with Crippen LogP contribution in [0, 0.1) is 0 Å². The van der Waals surface area contributed by atoms with E-state index in [1.165, 1.54) is 69.9 Å². The number of hydrogen-bond donors (Lipinski definition) is 1. The number of rotatable bonds is 11. The number of aryl methyl sites for hydroxylation is 1. The average Bonchev–Trinajstić information content (AvgIpc) is 2.68. The van der Waals surface area contributed by atoms with Crippen molar-refractivity contribution in [3.8, 4) is 17.2 Å². The van der Waals surface area contributed by atoms with E-state index in [2.05, 4.69) is 11.9 Å². The fourth-order valence-corrected chi connectivity index (χ4v) is 3.75. The minimum atomic E-state index is -0.0919. The first-order valence-electron chi connectivity index (χ1n) is 10.8. The van der Waals surface area contributed by atoms with Crippen molar-refractivity contribution in [2.75, 3.05) is 0 Å². The van der Waals surface area contributed by atoms with E-state index in [0.29, 0.717) is 11.3 Å². The molecule has 4 heteroatoms. The molecule has 0 atom stereocenters. The standard InChI is InChI=1S/C24H31NO3/c1-2-3-4-5-6-7-8-9-10-11-12-18-15-21-24(17-22(18)27)28-23-16-19(26)13-14-20(23)25-21/h13-17,27H,2-12H2,1H3/p+1. The van der Waals surface area contributed by atoms with Gasteiger partial charge in [-0.3, -0.25) is 4.79 Å². The van der Waals surface area contributed by atoms with Crippen molar-refractivity contribution < 1.29 is 14.5 Å². The Kier molecular flexibility index (Phi) is 7.46. The zero-order chi connectivity index (χ0) is 19.8. The summed E-state index contributed by atoms with van der Waals surface area (Å²) in [5.41, 5.74) is 3.03. The molecule has 1 aromatic rings. The summed E-state index contributed by atoms with van der Waals surface area (Å²) in [7, 11) is 0. The molecule has 1 aromatic carbocycles. The topological polar surface area (TPSA) is 64.6 Å². The Morgan fingerprint density at radius 1 is 0.893 bits per heavy atom. The molecule has 0 amide bonds. The van der Waals surface area contributed by atoms with E-state index in [0.717, 1.165) is 29.6 Å². The molecule has 2 aliphatic rings. The Balaban J connectivity index is 1.50. The number of phenols is 1. The predicted molar refractivity (Wildman–Crippen MR) is 113 cm³/mol. The molecule has 0 fully saturated rings. The van der Waals surface area contributed by atoms with Crippen LogP contribution in [-0.4, -0.2) is 5.11 Å². The summed E-state index contributed by atoms with van der Waals surface area (Å²) < 4.78 is 5.78. The van der Waals surface area contributed by atoms with Gasteiger partial charge in [-0.2, -0.15) is 4.98 Å². The van der Waals surface area contributed by atoms with Gasteiger partial charge in [-0.25, -0.2) is 0 Å². The molecular weight excluding hydrogens is 350 g/mol. The van der Waals surface area contributed by atoms with Crippen LogP contribution in [0.25, 0.3) is 22.6 Å². The second-order valence-electron chi connectivity index (χ2n) is 7.79. The van der Waals surface area contributed by atoms with Gasteiger partial charge < -0.3 is 9.52 Å². The van der Waals surface area contributed by atoms with Gasteiger partial charge in [0.25, 0.3) is 0 Å². The monoisotopic (exact) mass is 382 g/mol. The molecule has 1 aliphatic carbocycles. The van der Waals surface area contributed by atoms with Crippen LogP contribution in [0.1, 0.15) is 76.7 Å². The Morgan fingerprint density at radius 3 is 2.29 bits per heavy atom.